The van der Waals surface area contributed by atoms with Crippen LogP contribution in [-0.2, 0) is 4.74 Å². The number of hydrogen-bond donors (Lipinski definition) is 1. The van der Waals surface area contributed by atoms with E-state index < -0.39 is 17.7 Å². The van der Waals surface area contributed by atoms with E-state index in [9.17, 15) is 8.78 Å². The predicted molar refractivity (Wildman–Crippen MR) is 69.1 cm³/mol. The molecule has 2 rings (SSSR count). The van der Waals surface area contributed by atoms with Crippen LogP contribution in [0, 0.1) is 17.6 Å². The molecule has 1 atom stereocenters. The zero-order valence-electron chi connectivity index (χ0n) is 9.67. The Morgan fingerprint density at radius 2 is 1.72 bits per heavy atom. The summed E-state index contributed by atoms with van der Waals surface area (Å²) in [6, 6.07) is 1.55. The highest BCUT2D eigenvalue weighted by atomic mass is 35.5. The first kappa shape index (κ1) is 15.6. The van der Waals surface area contributed by atoms with Crippen LogP contribution in [0.3, 0.4) is 0 Å². The Morgan fingerprint density at radius 1 is 1.22 bits per heavy atom. The van der Waals surface area contributed by atoms with Gasteiger partial charge in [0.2, 0.25) is 0 Å². The molecule has 0 saturated carbocycles. The summed E-state index contributed by atoms with van der Waals surface area (Å²) in [6.07, 6.45) is 1.45. The van der Waals surface area contributed by atoms with Crippen molar-refractivity contribution in [1.29, 1.82) is 0 Å². The number of halogens is 4. The highest BCUT2D eigenvalue weighted by molar-refractivity contribution is 6.30. The molecular formula is C12H15Cl2F2NO. The van der Waals surface area contributed by atoms with Gasteiger partial charge in [0.1, 0.15) is 11.6 Å². The van der Waals surface area contributed by atoms with Gasteiger partial charge < -0.3 is 10.5 Å². The fourth-order valence-corrected chi connectivity index (χ4v) is 2.37. The lowest BCUT2D eigenvalue weighted by Crippen LogP contribution is -2.28. The van der Waals surface area contributed by atoms with Crippen molar-refractivity contribution in [2.45, 2.75) is 18.9 Å². The lowest BCUT2D eigenvalue weighted by Gasteiger charge is -2.28. The average molecular weight is 298 g/mol. The van der Waals surface area contributed by atoms with Crippen LogP contribution in [0.1, 0.15) is 24.4 Å². The minimum atomic E-state index is -0.672. The molecule has 0 radical (unpaired) electrons. The van der Waals surface area contributed by atoms with E-state index in [0.29, 0.717) is 13.2 Å². The molecule has 1 aromatic carbocycles. The fourth-order valence-electron chi connectivity index (χ4n) is 2.18. The van der Waals surface area contributed by atoms with E-state index in [1.807, 2.05) is 0 Å². The van der Waals surface area contributed by atoms with E-state index >= 15 is 0 Å². The first-order valence-corrected chi connectivity index (χ1v) is 5.95. The first-order chi connectivity index (χ1) is 8.09. The zero-order valence-corrected chi connectivity index (χ0v) is 11.2. The topological polar surface area (TPSA) is 35.2 Å². The third-order valence-corrected chi connectivity index (χ3v) is 3.37. The molecule has 0 bridgehead atoms. The molecule has 2 N–H and O–H groups in total. The van der Waals surface area contributed by atoms with E-state index in [-0.39, 0.29) is 28.9 Å². The van der Waals surface area contributed by atoms with E-state index in [1.165, 1.54) is 0 Å². The van der Waals surface area contributed by atoms with Crippen LogP contribution in [0.15, 0.2) is 12.1 Å². The maximum Gasteiger partial charge on any atom is 0.132 e. The van der Waals surface area contributed by atoms with Crippen molar-refractivity contribution in [3.63, 3.8) is 0 Å². The van der Waals surface area contributed by atoms with Crippen molar-refractivity contribution in [3.8, 4) is 0 Å². The molecule has 1 aromatic rings. The maximum atomic E-state index is 13.7. The smallest absolute Gasteiger partial charge is 0.132 e. The molecule has 0 aromatic heterocycles. The van der Waals surface area contributed by atoms with Crippen LogP contribution in [0.5, 0.6) is 0 Å². The minimum Gasteiger partial charge on any atom is -0.381 e. The highest BCUT2D eigenvalue weighted by Crippen LogP contribution is 2.32. The molecule has 18 heavy (non-hydrogen) atoms. The van der Waals surface area contributed by atoms with Gasteiger partial charge >= 0.3 is 0 Å². The quantitative estimate of drug-likeness (QED) is 0.907. The maximum absolute atomic E-state index is 13.7. The summed E-state index contributed by atoms with van der Waals surface area (Å²) in [5.74, 6) is -1.29. The largest absolute Gasteiger partial charge is 0.381 e. The highest BCUT2D eigenvalue weighted by Gasteiger charge is 2.27. The van der Waals surface area contributed by atoms with E-state index in [2.05, 4.69) is 0 Å². The second-order valence-corrected chi connectivity index (χ2v) is 4.70. The van der Waals surface area contributed by atoms with Gasteiger partial charge in [-0.25, -0.2) is 8.78 Å². The van der Waals surface area contributed by atoms with Gasteiger partial charge in [-0.2, -0.15) is 0 Å². The number of hydrogen-bond acceptors (Lipinski definition) is 2. The summed E-state index contributed by atoms with van der Waals surface area (Å²) < 4.78 is 32.6. The van der Waals surface area contributed by atoms with Crippen LogP contribution in [0.2, 0.25) is 5.02 Å². The van der Waals surface area contributed by atoms with Gasteiger partial charge in [-0.05, 0) is 30.9 Å². The van der Waals surface area contributed by atoms with Crippen LogP contribution < -0.4 is 5.73 Å². The molecule has 1 aliphatic rings. The molecule has 0 aliphatic carbocycles. The molecule has 1 heterocycles. The third kappa shape index (κ3) is 3.32. The summed E-state index contributed by atoms with van der Waals surface area (Å²) >= 11 is 5.57. The van der Waals surface area contributed by atoms with Crippen molar-refractivity contribution in [2.75, 3.05) is 13.2 Å². The average Bonchev–Trinajstić information content (AvgIpc) is 2.28. The Kier molecular flexibility index (Phi) is 5.79. The second kappa shape index (κ2) is 6.66. The lowest BCUT2D eigenvalue weighted by molar-refractivity contribution is 0.0576. The van der Waals surface area contributed by atoms with E-state index in [0.717, 1.165) is 25.0 Å². The summed E-state index contributed by atoms with van der Waals surface area (Å²) in [4.78, 5) is 0. The Hall–Kier alpha value is -0.420. The molecule has 2 nitrogen and oxygen atoms in total. The van der Waals surface area contributed by atoms with Crippen molar-refractivity contribution in [2.24, 2.45) is 11.7 Å². The number of nitrogens with two attached hydrogens (primary N) is 1. The Labute approximate surface area is 116 Å². The van der Waals surface area contributed by atoms with Crippen LogP contribution in [-0.4, -0.2) is 13.2 Å². The van der Waals surface area contributed by atoms with Crippen LogP contribution in [0.4, 0.5) is 8.78 Å². The molecule has 6 heteroatoms. The minimum absolute atomic E-state index is 0. The van der Waals surface area contributed by atoms with Crippen LogP contribution >= 0.6 is 24.0 Å². The molecule has 1 fully saturated rings. The Bertz CT molecular complexity index is 388. The fraction of sp³-hybridized carbons (Fsp3) is 0.500. The van der Waals surface area contributed by atoms with Gasteiger partial charge in [0.25, 0.3) is 0 Å². The molecule has 1 aliphatic heterocycles. The van der Waals surface area contributed by atoms with Gasteiger partial charge in [0, 0.05) is 29.8 Å². The molecule has 1 saturated heterocycles. The van der Waals surface area contributed by atoms with Crippen molar-refractivity contribution >= 4 is 24.0 Å². The van der Waals surface area contributed by atoms with Gasteiger partial charge in [-0.3, -0.25) is 0 Å². The lowest BCUT2D eigenvalue weighted by atomic mass is 9.87. The van der Waals surface area contributed by atoms with Crippen LogP contribution in [0.25, 0.3) is 0 Å². The van der Waals surface area contributed by atoms with Gasteiger partial charge in [-0.15, -0.1) is 12.4 Å². The SMILES string of the molecule is Cl.N[C@H](c1c(F)cc(Cl)cc1F)C1CCOCC1. The third-order valence-electron chi connectivity index (χ3n) is 3.15. The standard InChI is InChI=1S/C12H14ClF2NO.ClH/c13-8-5-9(14)11(10(15)6-8)12(16)7-1-3-17-4-2-7;/h5-7,12H,1-4,16H2;1H/t12-;/m0./s1. The monoisotopic (exact) mass is 297 g/mol. The summed E-state index contributed by atoms with van der Waals surface area (Å²) in [5, 5.41) is 0.0444. The van der Waals surface area contributed by atoms with Crippen molar-refractivity contribution in [3.05, 3.63) is 34.4 Å². The van der Waals surface area contributed by atoms with E-state index in [1.54, 1.807) is 0 Å². The van der Waals surface area contributed by atoms with Crippen molar-refractivity contribution < 1.29 is 13.5 Å². The molecule has 0 amide bonds. The number of benzene rings is 1. The van der Waals surface area contributed by atoms with Gasteiger partial charge in [0.15, 0.2) is 0 Å². The molecule has 102 valence electrons. The normalized spacial score (nSPS) is 18.2. The molecule has 0 spiro atoms. The van der Waals surface area contributed by atoms with Gasteiger partial charge in [0.05, 0.1) is 0 Å². The summed E-state index contributed by atoms with van der Waals surface area (Å²) in [6.45, 7) is 1.18. The summed E-state index contributed by atoms with van der Waals surface area (Å²) in [7, 11) is 0. The first-order valence-electron chi connectivity index (χ1n) is 5.57. The zero-order chi connectivity index (χ0) is 12.4. The van der Waals surface area contributed by atoms with E-state index in [4.69, 9.17) is 22.1 Å². The Balaban J connectivity index is 0.00000162. The predicted octanol–water partition coefficient (Wildman–Crippen LogP) is 3.47. The number of rotatable bonds is 2. The second-order valence-electron chi connectivity index (χ2n) is 4.26. The summed E-state index contributed by atoms with van der Waals surface area (Å²) in [5.41, 5.74) is 5.87. The Morgan fingerprint density at radius 3 is 2.22 bits per heavy atom. The van der Waals surface area contributed by atoms with Crippen molar-refractivity contribution in [1.82, 2.24) is 0 Å². The number of ether oxygens (including phenoxy) is 1. The molecular weight excluding hydrogens is 283 g/mol. The van der Waals surface area contributed by atoms with Gasteiger partial charge in [-0.1, -0.05) is 11.6 Å². The molecule has 0 unspecified atom stereocenters.